The Morgan fingerprint density at radius 2 is 1.51 bits per heavy atom. The van der Waals surface area contributed by atoms with Gasteiger partial charge in [-0.25, -0.2) is 9.97 Å². The van der Waals surface area contributed by atoms with Crippen molar-refractivity contribution in [3.63, 3.8) is 0 Å². The molecule has 4 aromatic rings. The molecule has 1 unspecified atom stereocenters. The van der Waals surface area contributed by atoms with Crippen molar-refractivity contribution in [2.45, 2.75) is 56.9 Å². The minimum Gasteiger partial charge on any atom is -0.443 e. The maximum atomic E-state index is 12.5. The first-order valence-electron chi connectivity index (χ1n) is 16.7. The third kappa shape index (κ3) is 7.41. The number of carbonyl (C=O) groups excluding carboxylic acids is 1. The molecule has 0 spiro atoms. The highest BCUT2D eigenvalue weighted by Crippen LogP contribution is 2.30. The number of nitrogens with one attached hydrogen (secondary N) is 1. The van der Waals surface area contributed by atoms with E-state index >= 15 is 0 Å². The van der Waals surface area contributed by atoms with Gasteiger partial charge in [0.2, 0.25) is 0 Å². The summed E-state index contributed by atoms with van der Waals surface area (Å²) in [6.07, 6.45) is 10.5. The molecule has 7 fully saturated rings. The topological polar surface area (TPSA) is 122 Å². The number of aromatic nitrogens is 2. The monoisotopic (exact) mass is 616 g/mol. The van der Waals surface area contributed by atoms with Crippen LogP contribution in [-0.4, -0.2) is 101 Å². The number of nitrogens with zero attached hydrogens (tertiary/aromatic N) is 5. The maximum Gasteiger partial charge on any atom is 0.253 e. The number of para-hydroxylation sites is 3. The predicted octanol–water partition coefficient (Wildman–Crippen LogP) is 4.57. The number of oxazole rings is 2. The van der Waals surface area contributed by atoms with Crippen molar-refractivity contribution < 1.29 is 19.1 Å². The van der Waals surface area contributed by atoms with Crippen LogP contribution in [0.1, 0.15) is 67.1 Å². The fourth-order valence-corrected chi connectivity index (χ4v) is 7.63. The molecule has 0 saturated carbocycles. The Bertz CT molecular complexity index is 1470. The summed E-state index contributed by atoms with van der Waals surface area (Å²) in [4.78, 5) is 28.6. The highest BCUT2D eigenvalue weighted by Gasteiger charge is 2.35. The average molecular weight is 617 g/mol. The zero-order valence-corrected chi connectivity index (χ0v) is 26.5. The molecule has 10 heteroatoms. The van der Waals surface area contributed by atoms with E-state index in [0.29, 0.717) is 28.5 Å². The van der Waals surface area contributed by atoms with Crippen LogP contribution in [0.15, 0.2) is 57.7 Å². The van der Waals surface area contributed by atoms with Gasteiger partial charge in [0, 0.05) is 18.5 Å². The number of rotatable bonds is 3. The second kappa shape index (κ2) is 14.4. The van der Waals surface area contributed by atoms with Gasteiger partial charge in [-0.15, -0.1) is 0 Å². The standard InChI is InChI=1S/C15H17N3O2.C13H16N2O.C7H13N.H2O/c19-15(11-2-1-3-13-14(11)16-9-20-13)17-12-8-18-6-4-10(12)5-7-18;1-15-8-6-10(7-9-15)13-14-11-4-2-3-5-12(11)16-13;1-4-8-5-2-7(1)3-6-8;/h1-3,9-10,12H,4-8H2,(H,17,19);2-5,10H,6-9H2,1H3;7H,1-6H2;1H2. The molecule has 11 rings (SSSR count). The number of benzene rings is 2. The molecule has 1 amide bonds. The largest absolute Gasteiger partial charge is 0.443 e. The number of hydrogen-bond acceptors (Lipinski definition) is 8. The Hall–Kier alpha value is -3.31. The Morgan fingerprint density at radius 3 is 2.13 bits per heavy atom. The van der Waals surface area contributed by atoms with Gasteiger partial charge in [-0.05, 0) is 134 Å². The molecule has 7 aliphatic heterocycles. The molecule has 1 atom stereocenters. The second-order valence-electron chi connectivity index (χ2n) is 13.4. The minimum atomic E-state index is -0.0387. The van der Waals surface area contributed by atoms with Gasteiger partial charge in [-0.3, -0.25) is 4.79 Å². The normalized spacial score (nSPS) is 27.6. The van der Waals surface area contributed by atoms with Crippen LogP contribution in [0, 0.1) is 11.8 Å². The lowest BCUT2D eigenvalue weighted by Gasteiger charge is -2.44. The molecule has 3 N–H and O–H groups in total. The van der Waals surface area contributed by atoms with Crippen molar-refractivity contribution in [1.82, 2.24) is 30.0 Å². The summed E-state index contributed by atoms with van der Waals surface area (Å²) >= 11 is 0. The first-order valence-corrected chi connectivity index (χ1v) is 16.7. The molecule has 0 aliphatic carbocycles. The van der Waals surface area contributed by atoms with E-state index in [0.717, 1.165) is 55.4 Å². The summed E-state index contributed by atoms with van der Waals surface area (Å²) in [5, 5.41) is 3.19. The first-order chi connectivity index (χ1) is 21.6. The molecule has 4 bridgehead atoms. The fraction of sp³-hybridized carbons (Fsp3) is 0.571. The van der Waals surface area contributed by atoms with Crippen LogP contribution in [0.4, 0.5) is 0 Å². The van der Waals surface area contributed by atoms with Gasteiger partial charge in [0.05, 0.1) is 5.56 Å². The molecule has 45 heavy (non-hydrogen) atoms. The van der Waals surface area contributed by atoms with Crippen molar-refractivity contribution in [2.75, 3.05) is 59.4 Å². The van der Waals surface area contributed by atoms with E-state index in [4.69, 9.17) is 8.83 Å². The highest BCUT2D eigenvalue weighted by atomic mass is 16.3. The van der Waals surface area contributed by atoms with Crippen molar-refractivity contribution in [3.05, 3.63) is 60.3 Å². The van der Waals surface area contributed by atoms with Crippen LogP contribution in [0.5, 0.6) is 0 Å². The number of carbonyl (C=O) groups is 1. The quantitative estimate of drug-likeness (QED) is 0.355. The lowest BCUT2D eigenvalue weighted by atomic mass is 9.84. The number of amides is 1. The van der Waals surface area contributed by atoms with E-state index in [1.165, 1.54) is 71.2 Å². The zero-order valence-electron chi connectivity index (χ0n) is 26.5. The Morgan fingerprint density at radius 1 is 0.822 bits per heavy atom. The summed E-state index contributed by atoms with van der Waals surface area (Å²) in [7, 11) is 2.17. The molecule has 0 radical (unpaired) electrons. The van der Waals surface area contributed by atoms with Gasteiger partial charge in [0.1, 0.15) is 11.0 Å². The average Bonchev–Trinajstić information content (AvgIpc) is 3.75. The van der Waals surface area contributed by atoms with Gasteiger partial charge in [0.15, 0.2) is 23.5 Å². The summed E-state index contributed by atoms with van der Waals surface area (Å²) in [5.74, 6) is 3.13. The van der Waals surface area contributed by atoms with Gasteiger partial charge in [-0.2, -0.15) is 0 Å². The van der Waals surface area contributed by atoms with E-state index in [-0.39, 0.29) is 17.4 Å². The van der Waals surface area contributed by atoms with E-state index in [1.807, 2.05) is 42.5 Å². The molecule has 242 valence electrons. The molecule has 7 aliphatic rings. The van der Waals surface area contributed by atoms with Gasteiger partial charge in [-0.1, -0.05) is 18.2 Å². The van der Waals surface area contributed by atoms with Crippen LogP contribution in [0.25, 0.3) is 22.2 Å². The first kappa shape index (κ1) is 31.7. The predicted molar refractivity (Wildman–Crippen MR) is 175 cm³/mol. The second-order valence-corrected chi connectivity index (χ2v) is 13.4. The van der Waals surface area contributed by atoms with E-state index < -0.39 is 0 Å². The number of hydrogen-bond donors (Lipinski definition) is 1. The smallest absolute Gasteiger partial charge is 0.253 e. The highest BCUT2D eigenvalue weighted by molar-refractivity contribution is 6.04. The Labute approximate surface area is 265 Å². The van der Waals surface area contributed by atoms with Gasteiger partial charge >= 0.3 is 0 Å². The number of fused-ring (bicyclic) bond motifs is 8. The Balaban J connectivity index is 0.000000127. The third-order valence-electron chi connectivity index (χ3n) is 10.5. The number of piperidine rings is 7. The van der Waals surface area contributed by atoms with Crippen molar-refractivity contribution in [3.8, 4) is 0 Å². The van der Waals surface area contributed by atoms with E-state index in [2.05, 4.69) is 37.0 Å². The van der Waals surface area contributed by atoms with E-state index in [1.54, 1.807) is 0 Å². The van der Waals surface area contributed by atoms with E-state index in [9.17, 15) is 4.79 Å². The van der Waals surface area contributed by atoms with Crippen LogP contribution < -0.4 is 5.32 Å². The van der Waals surface area contributed by atoms with Crippen LogP contribution >= 0.6 is 0 Å². The Kier molecular flexibility index (Phi) is 10.1. The molecule has 10 nitrogen and oxygen atoms in total. The maximum absolute atomic E-state index is 12.5. The third-order valence-corrected chi connectivity index (χ3v) is 10.5. The van der Waals surface area contributed by atoms with Gasteiger partial charge < -0.3 is 34.3 Å². The molecule has 7 saturated heterocycles. The van der Waals surface area contributed by atoms with Crippen LogP contribution in [0.2, 0.25) is 0 Å². The summed E-state index contributed by atoms with van der Waals surface area (Å²) in [6.45, 7) is 9.80. The summed E-state index contributed by atoms with van der Waals surface area (Å²) in [5.41, 5.74) is 3.80. The van der Waals surface area contributed by atoms with Crippen molar-refractivity contribution >= 4 is 28.1 Å². The lowest BCUT2D eigenvalue weighted by Crippen LogP contribution is -2.57. The molecule has 2 aromatic heterocycles. The SMILES string of the molecule is C1CN2CCC1CC2.CN1CCC(c2nc3ccccc3o2)CC1.O.O=C(NC1CN2CCC1CC2)c1cccc2ocnc12. The van der Waals surface area contributed by atoms with Gasteiger partial charge in [0.25, 0.3) is 5.91 Å². The zero-order chi connectivity index (χ0) is 29.9. The van der Waals surface area contributed by atoms with Crippen LogP contribution in [0.3, 0.4) is 0 Å². The molecule has 9 heterocycles. The molecular formula is C35H48N6O4. The fourth-order valence-electron chi connectivity index (χ4n) is 7.63. The van der Waals surface area contributed by atoms with Crippen LogP contribution in [-0.2, 0) is 0 Å². The summed E-state index contributed by atoms with van der Waals surface area (Å²) in [6, 6.07) is 13.7. The summed E-state index contributed by atoms with van der Waals surface area (Å²) < 4.78 is 11.1. The molecule has 2 aromatic carbocycles. The van der Waals surface area contributed by atoms with Crippen molar-refractivity contribution in [1.29, 1.82) is 0 Å². The minimum absolute atomic E-state index is 0. The lowest BCUT2D eigenvalue weighted by molar-refractivity contribution is 0.0621. The van der Waals surface area contributed by atoms with Crippen molar-refractivity contribution in [2.24, 2.45) is 11.8 Å². The number of likely N-dealkylation sites (tertiary alicyclic amines) is 1. The molecular weight excluding hydrogens is 568 g/mol.